The molecule has 20 heavy (non-hydrogen) atoms. The standard InChI is InChI=1S/C14H23NO3S2/c1-18-8-7-15-12-13-5-3-6-14(11-13)19-9-4-10-20(2,16)17/h3,5-6,11,15H,4,7-10,12H2,1-2H3. The number of hydrogen-bond donors (Lipinski definition) is 1. The normalized spacial score (nSPS) is 11.7. The van der Waals surface area contributed by atoms with E-state index in [1.54, 1.807) is 18.9 Å². The van der Waals surface area contributed by atoms with Gasteiger partial charge in [-0.25, -0.2) is 8.42 Å². The van der Waals surface area contributed by atoms with E-state index in [0.717, 1.165) is 18.8 Å². The molecule has 114 valence electrons. The van der Waals surface area contributed by atoms with Crippen LogP contribution in [0.3, 0.4) is 0 Å². The van der Waals surface area contributed by atoms with Crippen molar-refractivity contribution in [2.75, 3.05) is 38.0 Å². The molecule has 0 heterocycles. The molecule has 0 aliphatic carbocycles. The molecule has 0 bridgehead atoms. The lowest BCUT2D eigenvalue weighted by Crippen LogP contribution is -2.18. The molecule has 4 nitrogen and oxygen atoms in total. The predicted molar refractivity (Wildman–Crippen MR) is 85.1 cm³/mol. The van der Waals surface area contributed by atoms with Crippen LogP contribution in [0.15, 0.2) is 29.2 Å². The van der Waals surface area contributed by atoms with Crippen molar-refractivity contribution in [3.05, 3.63) is 29.8 Å². The Balaban J connectivity index is 2.32. The van der Waals surface area contributed by atoms with Crippen LogP contribution < -0.4 is 5.32 Å². The summed E-state index contributed by atoms with van der Waals surface area (Å²) < 4.78 is 27.1. The zero-order valence-corrected chi connectivity index (χ0v) is 13.7. The van der Waals surface area contributed by atoms with Gasteiger partial charge >= 0.3 is 0 Å². The Hall–Kier alpha value is -0.560. The fourth-order valence-corrected chi connectivity index (χ4v) is 3.45. The first-order valence-corrected chi connectivity index (χ1v) is 9.65. The molecule has 0 aromatic heterocycles. The van der Waals surface area contributed by atoms with Crippen molar-refractivity contribution in [2.45, 2.75) is 17.9 Å². The van der Waals surface area contributed by atoms with Gasteiger partial charge in [-0.3, -0.25) is 0 Å². The first kappa shape index (κ1) is 17.5. The van der Waals surface area contributed by atoms with Crippen molar-refractivity contribution in [2.24, 2.45) is 0 Å². The Morgan fingerprint density at radius 1 is 1.35 bits per heavy atom. The van der Waals surface area contributed by atoms with Gasteiger partial charge in [0.2, 0.25) is 0 Å². The minimum Gasteiger partial charge on any atom is -0.383 e. The number of hydrogen-bond acceptors (Lipinski definition) is 5. The molecule has 0 spiro atoms. The van der Waals surface area contributed by atoms with Crippen LogP contribution in [0.1, 0.15) is 12.0 Å². The van der Waals surface area contributed by atoms with Gasteiger partial charge < -0.3 is 10.1 Å². The van der Waals surface area contributed by atoms with E-state index in [2.05, 4.69) is 23.5 Å². The average Bonchev–Trinajstić information content (AvgIpc) is 2.39. The molecule has 0 saturated heterocycles. The van der Waals surface area contributed by atoms with E-state index in [1.165, 1.54) is 16.7 Å². The number of benzene rings is 1. The largest absolute Gasteiger partial charge is 0.383 e. The summed E-state index contributed by atoms with van der Waals surface area (Å²) >= 11 is 1.70. The molecule has 0 fully saturated rings. The lowest BCUT2D eigenvalue weighted by molar-refractivity contribution is 0.199. The summed E-state index contributed by atoms with van der Waals surface area (Å²) in [7, 11) is -1.15. The van der Waals surface area contributed by atoms with Crippen LogP contribution in [0.4, 0.5) is 0 Å². The molecule has 0 unspecified atom stereocenters. The maximum Gasteiger partial charge on any atom is 0.147 e. The van der Waals surface area contributed by atoms with Gasteiger partial charge in [-0.2, -0.15) is 0 Å². The van der Waals surface area contributed by atoms with Crippen LogP contribution in [0.25, 0.3) is 0 Å². The van der Waals surface area contributed by atoms with Gasteiger partial charge in [0, 0.05) is 31.4 Å². The molecule has 1 aromatic rings. The Morgan fingerprint density at radius 3 is 2.85 bits per heavy atom. The summed E-state index contributed by atoms with van der Waals surface area (Å²) in [5.41, 5.74) is 1.23. The first-order chi connectivity index (χ1) is 9.51. The van der Waals surface area contributed by atoms with Gasteiger partial charge in [-0.05, 0) is 29.9 Å². The summed E-state index contributed by atoms with van der Waals surface area (Å²) in [5.74, 6) is 1.09. The Kier molecular flexibility index (Phi) is 8.21. The van der Waals surface area contributed by atoms with Crippen molar-refractivity contribution < 1.29 is 13.2 Å². The summed E-state index contributed by atoms with van der Waals surface area (Å²) in [4.78, 5) is 1.18. The van der Waals surface area contributed by atoms with E-state index in [0.29, 0.717) is 13.0 Å². The van der Waals surface area contributed by atoms with Crippen molar-refractivity contribution in [3.8, 4) is 0 Å². The van der Waals surface area contributed by atoms with E-state index in [1.807, 2.05) is 6.07 Å². The number of methoxy groups -OCH3 is 1. The van der Waals surface area contributed by atoms with Crippen LogP contribution in [0.2, 0.25) is 0 Å². The second-order valence-electron chi connectivity index (χ2n) is 4.65. The molecular formula is C14H23NO3S2. The van der Waals surface area contributed by atoms with Gasteiger partial charge in [-0.1, -0.05) is 12.1 Å². The van der Waals surface area contributed by atoms with Crippen molar-refractivity contribution in [3.63, 3.8) is 0 Å². The minimum atomic E-state index is -2.84. The quantitative estimate of drug-likeness (QED) is 0.528. The second-order valence-corrected chi connectivity index (χ2v) is 8.08. The molecular weight excluding hydrogens is 294 g/mol. The van der Waals surface area contributed by atoms with E-state index < -0.39 is 9.84 Å². The smallest absolute Gasteiger partial charge is 0.147 e. The highest BCUT2D eigenvalue weighted by atomic mass is 32.2. The summed E-state index contributed by atoms with van der Waals surface area (Å²) in [6.45, 7) is 2.36. The topological polar surface area (TPSA) is 55.4 Å². The Labute approximate surface area is 126 Å². The molecule has 0 radical (unpaired) electrons. The highest BCUT2D eigenvalue weighted by Gasteiger charge is 2.02. The summed E-state index contributed by atoms with van der Waals surface area (Å²) in [5, 5.41) is 3.30. The van der Waals surface area contributed by atoms with Crippen LogP contribution in [-0.4, -0.2) is 46.4 Å². The third kappa shape index (κ3) is 8.58. The molecule has 0 aliphatic heterocycles. The van der Waals surface area contributed by atoms with E-state index in [4.69, 9.17) is 4.74 Å². The third-order valence-corrected chi connectivity index (χ3v) is 4.75. The van der Waals surface area contributed by atoms with E-state index in [9.17, 15) is 8.42 Å². The molecule has 6 heteroatoms. The third-order valence-electron chi connectivity index (χ3n) is 2.64. The second kappa shape index (κ2) is 9.39. The SMILES string of the molecule is COCCNCc1cccc(SCCCS(C)(=O)=O)c1. The van der Waals surface area contributed by atoms with E-state index >= 15 is 0 Å². The van der Waals surface area contributed by atoms with Gasteiger partial charge in [0.1, 0.15) is 9.84 Å². The van der Waals surface area contributed by atoms with Gasteiger partial charge in [0.15, 0.2) is 0 Å². The molecule has 0 saturated carbocycles. The van der Waals surface area contributed by atoms with Crippen molar-refractivity contribution >= 4 is 21.6 Å². The number of sulfone groups is 1. The van der Waals surface area contributed by atoms with Gasteiger partial charge in [0.25, 0.3) is 0 Å². The summed E-state index contributed by atoms with van der Waals surface area (Å²) in [6, 6.07) is 8.32. The van der Waals surface area contributed by atoms with Crippen LogP contribution in [-0.2, 0) is 21.1 Å². The van der Waals surface area contributed by atoms with Crippen LogP contribution in [0.5, 0.6) is 0 Å². The number of ether oxygens (including phenoxy) is 1. The van der Waals surface area contributed by atoms with Crippen LogP contribution >= 0.6 is 11.8 Å². The molecule has 1 N–H and O–H groups in total. The van der Waals surface area contributed by atoms with Crippen molar-refractivity contribution in [1.82, 2.24) is 5.32 Å². The van der Waals surface area contributed by atoms with Gasteiger partial charge in [-0.15, -0.1) is 11.8 Å². The van der Waals surface area contributed by atoms with Crippen molar-refractivity contribution in [1.29, 1.82) is 0 Å². The zero-order chi connectivity index (χ0) is 14.8. The number of nitrogens with one attached hydrogen (secondary N) is 1. The lowest BCUT2D eigenvalue weighted by atomic mass is 10.2. The highest BCUT2D eigenvalue weighted by molar-refractivity contribution is 7.99. The fourth-order valence-electron chi connectivity index (χ4n) is 1.66. The minimum absolute atomic E-state index is 0.262. The molecule has 0 aliphatic rings. The fraction of sp³-hybridized carbons (Fsp3) is 0.571. The molecule has 0 atom stereocenters. The predicted octanol–water partition coefficient (Wildman–Crippen LogP) is 1.95. The Morgan fingerprint density at radius 2 is 2.15 bits per heavy atom. The highest BCUT2D eigenvalue weighted by Crippen LogP contribution is 2.20. The van der Waals surface area contributed by atoms with E-state index in [-0.39, 0.29) is 5.75 Å². The first-order valence-electron chi connectivity index (χ1n) is 6.60. The Bertz CT molecular complexity index is 489. The molecule has 1 aromatic carbocycles. The average molecular weight is 317 g/mol. The number of thioether (sulfide) groups is 1. The lowest BCUT2D eigenvalue weighted by Gasteiger charge is -2.07. The monoisotopic (exact) mass is 317 g/mol. The zero-order valence-electron chi connectivity index (χ0n) is 12.1. The molecule has 0 amide bonds. The maximum absolute atomic E-state index is 11.0. The van der Waals surface area contributed by atoms with Crippen LogP contribution in [0, 0.1) is 0 Å². The summed E-state index contributed by atoms with van der Waals surface area (Å²) in [6.07, 6.45) is 1.98. The van der Waals surface area contributed by atoms with Gasteiger partial charge in [0.05, 0.1) is 12.4 Å². The molecule has 1 rings (SSSR count). The maximum atomic E-state index is 11.0. The number of rotatable bonds is 10.